The first-order chi connectivity index (χ1) is 17.3. The summed E-state index contributed by atoms with van der Waals surface area (Å²) in [7, 11) is 0. The zero-order chi connectivity index (χ0) is 26.1. The molecule has 2 aromatic carbocycles. The van der Waals surface area contributed by atoms with E-state index in [2.05, 4.69) is 24.5 Å². The molecule has 0 aliphatic rings. The number of amides is 2. The molecule has 1 heterocycles. The number of nitrogens with zero attached hydrogens (tertiary/aromatic N) is 2. The van der Waals surface area contributed by atoms with Crippen molar-refractivity contribution in [2.24, 2.45) is 5.92 Å². The van der Waals surface area contributed by atoms with Crippen molar-refractivity contribution in [1.29, 1.82) is 0 Å². The van der Waals surface area contributed by atoms with E-state index in [4.69, 9.17) is 0 Å². The molecular weight excluding hydrogens is 456 g/mol. The Morgan fingerprint density at radius 1 is 0.944 bits per heavy atom. The molecule has 36 heavy (non-hydrogen) atoms. The number of carbonyl (C=O) groups is 2. The van der Waals surface area contributed by atoms with Crippen LogP contribution in [0.3, 0.4) is 0 Å². The van der Waals surface area contributed by atoms with Crippen LogP contribution < -0.4 is 21.9 Å². The van der Waals surface area contributed by atoms with Crippen LogP contribution in [0.25, 0.3) is 10.9 Å². The summed E-state index contributed by atoms with van der Waals surface area (Å²) in [5.41, 5.74) is 1.27. The Balaban J connectivity index is 1.73. The van der Waals surface area contributed by atoms with E-state index >= 15 is 0 Å². The summed E-state index contributed by atoms with van der Waals surface area (Å²) in [4.78, 5) is 51.2. The molecule has 0 saturated carbocycles. The van der Waals surface area contributed by atoms with Crippen LogP contribution in [0.2, 0.25) is 0 Å². The molecule has 0 aliphatic carbocycles. The predicted molar refractivity (Wildman–Crippen MR) is 143 cm³/mol. The largest absolute Gasteiger partial charge is 0.356 e. The third-order valence-electron chi connectivity index (χ3n) is 6.13. The number of hydrogen-bond acceptors (Lipinski definition) is 4. The Kier molecular flexibility index (Phi) is 9.61. The fraction of sp³-hybridized carbons (Fsp3) is 0.429. The molecule has 0 aliphatic heterocycles. The second-order valence-electron chi connectivity index (χ2n) is 9.43. The van der Waals surface area contributed by atoms with Crippen LogP contribution >= 0.6 is 0 Å². The Bertz CT molecular complexity index is 1320. The summed E-state index contributed by atoms with van der Waals surface area (Å²) in [5.74, 6) is 0.150. The number of carbonyl (C=O) groups excluding carboxylic acids is 2. The number of aromatic nitrogens is 2. The summed E-state index contributed by atoms with van der Waals surface area (Å²) in [6.07, 6.45) is 3.17. The minimum atomic E-state index is -0.530. The number of hydrogen-bond donors (Lipinski definition) is 2. The lowest BCUT2D eigenvalue weighted by Crippen LogP contribution is -2.41. The van der Waals surface area contributed by atoms with Gasteiger partial charge in [-0.1, -0.05) is 45.0 Å². The maximum atomic E-state index is 13.3. The van der Waals surface area contributed by atoms with Gasteiger partial charge in [-0.2, -0.15) is 0 Å². The first-order valence-electron chi connectivity index (χ1n) is 12.7. The number of benzene rings is 2. The average molecular weight is 493 g/mol. The van der Waals surface area contributed by atoms with Gasteiger partial charge in [-0.15, -0.1) is 0 Å². The quantitative estimate of drug-likeness (QED) is 0.376. The molecule has 8 nitrogen and oxygen atoms in total. The molecule has 0 saturated heterocycles. The zero-order valence-electron chi connectivity index (χ0n) is 21.4. The van der Waals surface area contributed by atoms with E-state index in [0.717, 1.165) is 18.4 Å². The second-order valence-corrected chi connectivity index (χ2v) is 9.43. The van der Waals surface area contributed by atoms with Crippen LogP contribution in [0, 0.1) is 5.92 Å². The van der Waals surface area contributed by atoms with Gasteiger partial charge in [0.05, 0.1) is 10.9 Å². The Hall–Kier alpha value is -3.68. The minimum absolute atomic E-state index is 0.0252. The summed E-state index contributed by atoms with van der Waals surface area (Å²) in [6, 6.07) is 14.4. The van der Waals surface area contributed by atoms with Gasteiger partial charge in [0, 0.05) is 25.2 Å². The number of rotatable bonds is 12. The smallest absolute Gasteiger partial charge is 0.331 e. The highest BCUT2D eigenvalue weighted by atomic mass is 16.2. The van der Waals surface area contributed by atoms with Gasteiger partial charge < -0.3 is 10.6 Å². The van der Waals surface area contributed by atoms with E-state index in [1.165, 1.54) is 9.13 Å². The van der Waals surface area contributed by atoms with Crippen molar-refractivity contribution in [2.75, 3.05) is 11.9 Å². The van der Waals surface area contributed by atoms with Gasteiger partial charge in [0.1, 0.15) is 6.54 Å². The standard InChI is InChI=1S/C28H36N4O4/c1-4-21-10-9-11-22(18-21)30-26(34)19-32-24-13-6-5-12-23(24)27(35)31(28(32)36)17-8-7-14-25(33)29-16-15-20(2)3/h5-6,9-13,18,20H,4,7-8,14-17,19H2,1-3H3,(H,29,33)(H,30,34). The maximum absolute atomic E-state index is 13.3. The highest BCUT2D eigenvalue weighted by Crippen LogP contribution is 2.12. The maximum Gasteiger partial charge on any atom is 0.331 e. The van der Waals surface area contributed by atoms with Crippen LogP contribution in [0.15, 0.2) is 58.1 Å². The molecule has 1 aromatic heterocycles. The molecule has 0 fully saturated rings. The Morgan fingerprint density at radius 2 is 1.72 bits per heavy atom. The van der Waals surface area contributed by atoms with Gasteiger partial charge in [-0.25, -0.2) is 4.79 Å². The molecule has 2 N–H and O–H groups in total. The lowest BCUT2D eigenvalue weighted by molar-refractivity contribution is -0.121. The van der Waals surface area contributed by atoms with Gasteiger partial charge >= 0.3 is 5.69 Å². The molecule has 2 amide bonds. The summed E-state index contributed by atoms with van der Waals surface area (Å²) >= 11 is 0. The number of aryl methyl sites for hydroxylation is 1. The first kappa shape index (κ1) is 26.9. The van der Waals surface area contributed by atoms with Crippen molar-refractivity contribution in [2.45, 2.75) is 66.0 Å². The van der Waals surface area contributed by atoms with Gasteiger partial charge in [0.15, 0.2) is 0 Å². The van der Waals surface area contributed by atoms with E-state index < -0.39 is 5.69 Å². The molecule has 3 aromatic rings. The summed E-state index contributed by atoms with van der Waals surface area (Å²) in [6.45, 7) is 6.86. The molecule has 0 atom stereocenters. The van der Waals surface area contributed by atoms with E-state index in [-0.39, 0.29) is 30.5 Å². The van der Waals surface area contributed by atoms with Crippen molar-refractivity contribution in [3.05, 3.63) is 74.9 Å². The van der Waals surface area contributed by atoms with Gasteiger partial charge in [-0.05, 0) is 61.4 Å². The normalized spacial score (nSPS) is 11.1. The molecule has 8 heteroatoms. The van der Waals surface area contributed by atoms with Crippen molar-refractivity contribution in [3.63, 3.8) is 0 Å². The van der Waals surface area contributed by atoms with Crippen LogP contribution in [0.1, 0.15) is 52.0 Å². The molecular formula is C28H36N4O4. The number of para-hydroxylation sites is 1. The summed E-state index contributed by atoms with van der Waals surface area (Å²) in [5, 5.41) is 6.13. The minimum Gasteiger partial charge on any atom is -0.356 e. The van der Waals surface area contributed by atoms with Crippen LogP contribution in [0.5, 0.6) is 0 Å². The summed E-state index contributed by atoms with van der Waals surface area (Å²) < 4.78 is 2.51. The topological polar surface area (TPSA) is 102 Å². The third-order valence-corrected chi connectivity index (χ3v) is 6.13. The molecule has 3 rings (SSSR count). The third kappa shape index (κ3) is 7.16. The van der Waals surface area contributed by atoms with E-state index in [1.807, 2.05) is 25.1 Å². The monoisotopic (exact) mass is 492 g/mol. The predicted octanol–water partition coefficient (Wildman–Crippen LogP) is 3.70. The highest BCUT2D eigenvalue weighted by Gasteiger charge is 2.15. The fourth-order valence-electron chi connectivity index (χ4n) is 4.08. The van der Waals surface area contributed by atoms with Crippen LogP contribution in [0.4, 0.5) is 5.69 Å². The van der Waals surface area contributed by atoms with Gasteiger partial charge in [-0.3, -0.25) is 23.5 Å². The average Bonchev–Trinajstić information content (AvgIpc) is 2.86. The van der Waals surface area contributed by atoms with Crippen molar-refractivity contribution < 1.29 is 9.59 Å². The highest BCUT2D eigenvalue weighted by molar-refractivity contribution is 5.91. The lowest BCUT2D eigenvalue weighted by atomic mass is 10.1. The number of anilines is 1. The Labute approximate surface area is 211 Å². The zero-order valence-corrected chi connectivity index (χ0v) is 21.4. The molecule has 0 bridgehead atoms. The van der Waals surface area contributed by atoms with Crippen molar-refractivity contribution in [3.8, 4) is 0 Å². The molecule has 0 unspecified atom stereocenters. The molecule has 0 spiro atoms. The van der Waals surface area contributed by atoms with E-state index in [1.54, 1.807) is 30.3 Å². The fourth-order valence-corrected chi connectivity index (χ4v) is 4.08. The van der Waals surface area contributed by atoms with Crippen LogP contribution in [-0.4, -0.2) is 27.5 Å². The number of nitrogens with one attached hydrogen (secondary N) is 2. The van der Waals surface area contributed by atoms with Gasteiger partial charge in [0.2, 0.25) is 11.8 Å². The SMILES string of the molecule is CCc1cccc(NC(=O)Cn2c(=O)n(CCCCC(=O)NCCC(C)C)c(=O)c3ccccc32)c1. The second kappa shape index (κ2) is 12.9. The van der Waals surface area contributed by atoms with Gasteiger partial charge in [0.25, 0.3) is 5.56 Å². The molecule has 192 valence electrons. The lowest BCUT2D eigenvalue weighted by Gasteiger charge is -2.14. The first-order valence-corrected chi connectivity index (χ1v) is 12.7. The Morgan fingerprint density at radius 3 is 2.47 bits per heavy atom. The van der Waals surface area contributed by atoms with Crippen LogP contribution in [-0.2, 0) is 29.1 Å². The van der Waals surface area contributed by atoms with Crippen molar-refractivity contribution in [1.82, 2.24) is 14.5 Å². The van der Waals surface area contributed by atoms with Crippen molar-refractivity contribution >= 4 is 28.4 Å². The molecule has 0 radical (unpaired) electrons. The van der Waals surface area contributed by atoms with E-state index in [0.29, 0.717) is 48.3 Å². The number of fused-ring (bicyclic) bond motifs is 1. The van der Waals surface area contributed by atoms with E-state index in [9.17, 15) is 19.2 Å². The number of unbranched alkanes of at least 4 members (excludes halogenated alkanes) is 1.